The molecule has 1 aromatic carbocycles. The summed E-state index contributed by atoms with van der Waals surface area (Å²) in [5.41, 5.74) is 7.03. The Kier molecular flexibility index (Phi) is 7.37. The highest BCUT2D eigenvalue weighted by Crippen LogP contribution is 2.23. The molecule has 0 aliphatic heterocycles. The van der Waals surface area contributed by atoms with E-state index in [1.54, 1.807) is 0 Å². The van der Waals surface area contributed by atoms with Gasteiger partial charge in [0.15, 0.2) is 0 Å². The van der Waals surface area contributed by atoms with Crippen molar-refractivity contribution in [3.05, 3.63) is 33.8 Å². The van der Waals surface area contributed by atoms with Crippen molar-refractivity contribution in [1.29, 1.82) is 0 Å². The molecule has 2 N–H and O–H groups in total. The summed E-state index contributed by atoms with van der Waals surface area (Å²) in [6.45, 7) is 2.10. The summed E-state index contributed by atoms with van der Waals surface area (Å²) < 4.78 is 0. The second kappa shape index (κ2) is 7.34. The average Bonchev–Trinajstić information content (AvgIpc) is 2.19. The van der Waals surface area contributed by atoms with Crippen LogP contribution < -0.4 is 5.73 Å². The van der Waals surface area contributed by atoms with Gasteiger partial charge in [-0.15, -0.1) is 12.4 Å². The van der Waals surface area contributed by atoms with Gasteiger partial charge < -0.3 is 5.73 Å². The predicted octanol–water partition coefficient (Wildman–Crippen LogP) is 4.09. The maximum Gasteiger partial charge on any atom is 0.0595 e. The van der Waals surface area contributed by atoms with Gasteiger partial charge in [-0.3, -0.25) is 0 Å². The number of hydrogen-bond donors (Lipinski definition) is 1. The number of aryl methyl sites for hydroxylation is 1. The van der Waals surface area contributed by atoms with Crippen molar-refractivity contribution >= 4 is 35.6 Å². The molecule has 15 heavy (non-hydrogen) atoms. The van der Waals surface area contributed by atoms with Gasteiger partial charge in [0, 0.05) is 6.04 Å². The summed E-state index contributed by atoms with van der Waals surface area (Å²) in [5, 5.41) is 1.23. The third-order valence-corrected chi connectivity index (χ3v) is 3.05. The molecule has 1 unspecified atom stereocenters. The topological polar surface area (TPSA) is 26.0 Å². The van der Waals surface area contributed by atoms with E-state index in [0.717, 1.165) is 19.3 Å². The first-order valence-corrected chi connectivity index (χ1v) is 5.58. The molecule has 4 heteroatoms. The van der Waals surface area contributed by atoms with Crippen molar-refractivity contribution in [3.8, 4) is 0 Å². The second-order valence-corrected chi connectivity index (χ2v) is 4.27. The van der Waals surface area contributed by atoms with E-state index in [1.807, 2.05) is 18.2 Å². The van der Waals surface area contributed by atoms with Crippen LogP contribution in [0.25, 0.3) is 0 Å². The Morgan fingerprint density at radius 3 is 2.47 bits per heavy atom. The lowest BCUT2D eigenvalue weighted by molar-refractivity contribution is 0.596. The first-order chi connectivity index (χ1) is 6.63. The van der Waals surface area contributed by atoms with Crippen LogP contribution in [0.5, 0.6) is 0 Å². The molecule has 0 bridgehead atoms. The number of nitrogens with two attached hydrogens (primary N) is 1. The highest BCUT2D eigenvalue weighted by Gasteiger charge is 2.02. The van der Waals surface area contributed by atoms with Gasteiger partial charge in [0.25, 0.3) is 0 Å². The van der Waals surface area contributed by atoms with Gasteiger partial charge in [0.1, 0.15) is 0 Å². The maximum atomic E-state index is 5.90. The fourth-order valence-corrected chi connectivity index (χ4v) is 1.57. The lowest BCUT2D eigenvalue weighted by Crippen LogP contribution is -2.19. The van der Waals surface area contributed by atoms with Crippen molar-refractivity contribution < 1.29 is 0 Å². The molecule has 0 aliphatic carbocycles. The predicted molar refractivity (Wildman–Crippen MR) is 70.3 cm³/mol. The SMILES string of the molecule is CCC(N)CCc1ccc(Cl)c(Cl)c1.Cl. The van der Waals surface area contributed by atoms with Crippen molar-refractivity contribution in [3.63, 3.8) is 0 Å². The summed E-state index contributed by atoms with van der Waals surface area (Å²) in [4.78, 5) is 0. The van der Waals surface area contributed by atoms with E-state index in [4.69, 9.17) is 28.9 Å². The van der Waals surface area contributed by atoms with Crippen molar-refractivity contribution in [1.82, 2.24) is 0 Å². The largest absolute Gasteiger partial charge is 0.328 e. The Labute approximate surface area is 107 Å². The monoisotopic (exact) mass is 267 g/mol. The van der Waals surface area contributed by atoms with E-state index in [-0.39, 0.29) is 18.4 Å². The van der Waals surface area contributed by atoms with E-state index < -0.39 is 0 Å². The Bertz CT molecular complexity index is 302. The molecule has 0 spiro atoms. The molecule has 1 rings (SSSR count). The lowest BCUT2D eigenvalue weighted by atomic mass is 10.0. The summed E-state index contributed by atoms with van der Waals surface area (Å²) in [6.07, 6.45) is 2.97. The Morgan fingerprint density at radius 1 is 1.27 bits per heavy atom. The Morgan fingerprint density at radius 2 is 1.93 bits per heavy atom. The highest BCUT2D eigenvalue weighted by molar-refractivity contribution is 6.42. The molecule has 0 radical (unpaired) electrons. The van der Waals surface area contributed by atoms with Gasteiger partial charge in [0.2, 0.25) is 0 Å². The van der Waals surface area contributed by atoms with Crippen LogP contribution in [0.1, 0.15) is 25.3 Å². The molecule has 0 saturated heterocycles. The standard InChI is InChI=1S/C11H15Cl2N.ClH/c1-2-9(14)5-3-8-4-6-10(12)11(13)7-8;/h4,6-7,9H,2-3,5,14H2,1H3;1H. The number of hydrogen-bond acceptors (Lipinski definition) is 1. The van der Waals surface area contributed by atoms with E-state index >= 15 is 0 Å². The smallest absolute Gasteiger partial charge is 0.0595 e. The maximum absolute atomic E-state index is 5.90. The zero-order valence-electron chi connectivity index (χ0n) is 8.67. The first kappa shape index (κ1) is 15.0. The summed E-state index contributed by atoms with van der Waals surface area (Å²) in [6, 6.07) is 6.02. The van der Waals surface area contributed by atoms with E-state index in [1.165, 1.54) is 5.56 Å². The minimum atomic E-state index is 0. The van der Waals surface area contributed by atoms with Gasteiger partial charge >= 0.3 is 0 Å². The van der Waals surface area contributed by atoms with Crippen LogP contribution in [-0.4, -0.2) is 6.04 Å². The van der Waals surface area contributed by atoms with Crippen LogP contribution in [0.2, 0.25) is 10.0 Å². The van der Waals surface area contributed by atoms with Crippen LogP contribution in [0.15, 0.2) is 18.2 Å². The first-order valence-electron chi connectivity index (χ1n) is 4.83. The molecule has 0 fully saturated rings. The molecule has 86 valence electrons. The number of benzene rings is 1. The summed E-state index contributed by atoms with van der Waals surface area (Å²) >= 11 is 11.7. The molecule has 0 saturated carbocycles. The minimum Gasteiger partial charge on any atom is -0.328 e. The fourth-order valence-electron chi connectivity index (χ4n) is 1.25. The van der Waals surface area contributed by atoms with Crippen LogP contribution in [-0.2, 0) is 6.42 Å². The van der Waals surface area contributed by atoms with Crippen LogP contribution >= 0.6 is 35.6 Å². The second-order valence-electron chi connectivity index (χ2n) is 3.46. The van der Waals surface area contributed by atoms with Crippen molar-refractivity contribution in [2.45, 2.75) is 32.2 Å². The molecule has 1 atom stereocenters. The van der Waals surface area contributed by atoms with Gasteiger partial charge in [-0.25, -0.2) is 0 Å². The van der Waals surface area contributed by atoms with Gasteiger partial charge in [-0.1, -0.05) is 36.2 Å². The molecule has 1 aromatic rings. The van der Waals surface area contributed by atoms with Gasteiger partial charge in [0.05, 0.1) is 10.0 Å². The van der Waals surface area contributed by atoms with Gasteiger partial charge in [-0.2, -0.15) is 0 Å². The summed E-state index contributed by atoms with van der Waals surface area (Å²) in [5.74, 6) is 0. The fraction of sp³-hybridized carbons (Fsp3) is 0.455. The third kappa shape index (κ3) is 5.07. The average molecular weight is 269 g/mol. The third-order valence-electron chi connectivity index (χ3n) is 2.31. The molecular formula is C11H16Cl3N. The molecule has 1 nitrogen and oxygen atoms in total. The van der Waals surface area contributed by atoms with Crippen molar-refractivity contribution in [2.75, 3.05) is 0 Å². The normalized spacial score (nSPS) is 12.0. The van der Waals surface area contributed by atoms with Crippen LogP contribution in [0, 0.1) is 0 Å². The lowest BCUT2D eigenvalue weighted by Gasteiger charge is -2.08. The molecule has 0 aliphatic rings. The molecule has 0 aromatic heterocycles. The summed E-state index contributed by atoms with van der Waals surface area (Å²) in [7, 11) is 0. The number of rotatable bonds is 4. The quantitative estimate of drug-likeness (QED) is 0.875. The molecule has 0 amide bonds. The zero-order chi connectivity index (χ0) is 10.6. The van der Waals surface area contributed by atoms with Gasteiger partial charge in [-0.05, 0) is 37.0 Å². The molecular weight excluding hydrogens is 252 g/mol. The zero-order valence-corrected chi connectivity index (χ0v) is 11.0. The highest BCUT2D eigenvalue weighted by atomic mass is 35.5. The Balaban J connectivity index is 0.00000196. The van der Waals surface area contributed by atoms with Crippen LogP contribution in [0.3, 0.4) is 0 Å². The van der Waals surface area contributed by atoms with E-state index in [9.17, 15) is 0 Å². The van der Waals surface area contributed by atoms with Crippen molar-refractivity contribution in [2.24, 2.45) is 5.73 Å². The van der Waals surface area contributed by atoms with E-state index in [2.05, 4.69) is 6.92 Å². The van der Waals surface area contributed by atoms with E-state index in [0.29, 0.717) is 10.0 Å². The number of halogens is 3. The Hall–Kier alpha value is 0.0500. The minimum absolute atomic E-state index is 0. The van der Waals surface area contributed by atoms with Crippen LogP contribution in [0.4, 0.5) is 0 Å². The molecule has 0 heterocycles.